The first kappa shape index (κ1) is 36.3. The Balaban J connectivity index is 0.00000221. The van der Waals surface area contributed by atoms with Gasteiger partial charge in [-0.3, -0.25) is 0 Å². The minimum atomic E-state index is -1.97. The van der Waals surface area contributed by atoms with E-state index in [1.165, 1.54) is 31.2 Å². The molecule has 0 fully saturated rings. The van der Waals surface area contributed by atoms with Gasteiger partial charge in [0.15, 0.2) is 0 Å². The molecule has 4 heteroatoms. The molecule has 0 nitrogen and oxygen atoms in total. The van der Waals surface area contributed by atoms with Gasteiger partial charge in [0.1, 0.15) is 0 Å². The summed E-state index contributed by atoms with van der Waals surface area (Å²) >= 11 is -1.97. The molecule has 0 aliphatic heterocycles. The average molecular weight is 727 g/mol. The van der Waals surface area contributed by atoms with Crippen molar-refractivity contribution in [3.8, 4) is 11.1 Å². The number of rotatable bonds is 3. The summed E-state index contributed by atoms with van der Waals surface area (Å²) in [5.41, 5.74) is 13.6. The van der Waals surface area contributed by atoms with E-state index in [0.29, 0.717) is 0 Å². The van der Waals surface area contributed by atoms with Crippen LogP contribution in [0, 0.1) is 5.41 Å². The van der Waals surface area contributed by atoms with Gasteiger partial charge in [-0.2, -0.15) is 0 Å². The normalized spacial score (nSPS) is 22.9. The van der Waals surface area contributed by atoms with Crippen LogP contribution < -0.4 is 24.8 Å². The van der Waals surface area contributed by atoms with E-state index >= 15 is 0 Å². The summed E-state index contributed by atoms with van der Waals surface area (Å²) in [5.74, 6) is 0. The molecule has 4 aliphatic rings. The van der Waals surface area contributed by atoms with Crippen molar-refractivity contribution >= 4 is 11.3 Å². The monoisotopic (exact) mass is 724 g/mol. The molecule has 0 bridgehead atoms. The van der Waals surface area contributed by atoms with E-state index in [1.807, 2.05) is 3.28 Å². The fourth-order valence-electron chi connectivity index (χ4n) is 9.49. The molecule has 6 rings (SSSR count). The van der Waals surface area contributed by atoms with Gasteiger partial charge in [0.2, 0.25) is 0 Å². The van der Waals surface area contributed by atoms with Crippen molar-refractivity contribution in [1.82, 2.24) is 0 Å². The number of halogens is 2. The topological polar surface area (TPSA) is 0 Å². The Morgan fingerprint density at radius 3 is 1.93 bits per heavy atom. The molecule has 4 aliphatic carbocycles. The summed E-state index contributed by atoms with van der Waals surface area (Å²) in [5, 5.41) is 1.71. The number of hydrogen-bond donors (Lipinski definition) is 0. The molecular formula is C40H56Cl2SiZr. The van der Waals surface area contributed by atoms with Crippen LogP contribution >= 0.6 is 0 Å². The predicted octanol–water partition coefficient (Wildman–Crippen LogP) is 5.19. The molecule has 44 heavy (non-hydrogen) atoms. The van der Waals surface area contributed by atoms with E-state index in [9.17, 15) is 0 Å². The summed E-state index contributed by atoms with van der Waals surface area (Å²) in [6, 6.07) is 10.6. The quantitative estimate of drug-likeness (QED) is 0.327. The second-order valence-electron chi connectivity index (χ2n) is 18.0. The number of benzene rings is 2. The predicted molar refractivity (Wildman–Crippen MR) is 185 cm³/mol. The van der Waals surface area contributed by atoms with Gasteiger partial charge < -0.3 is 24.8 Å². The summed E-state index contributed by atoms with van der Waals surface area (Å²) in [7, 11) is -1.26. The zero-order chi connectivity index (χ0) is 30.8. The third-order valence-corrected chi connectivity index (χ3v) is 23.9. The van der Waals surface area contributed by atoms with E-state index < -0.39 is 29.3 Å². The van der Waals surface area contributed by atoms with Crippen LogP contribution in [0.1, 0.15) is 122 Å². The zero-order valence-electron chi connectivity index (χ0n) is 29.8. The van der Waals surface area contributed by atoms with Crippen molar-refractivity contribution in [1.29, 1.82) is 0 Å². The molecule has 0 N–H and O–H groups in total. The van der Waals surface area contributed by atoms with Crippen LogP contribution in [0.2, 0.25) is 23.3 Å². The first-order chi connectivity index (χ1) is 19.3. The van der Waals surface area contributed by atoms with Gasteiger partial charge >= 0.3 is 268 Å². The fraction of sp³-hybridized carbons (Fsp3) is 0.575. The van der Waals surface area contributed by atoms with Crippen molar-refractivity contribution in [2.75, 3.05) is 0 Å². The first-order valence-electron chi connectivity index (χ1n) is 16.7. The van der Waals surface area contributed by atoms with Gasteiger partial charge in [-0.15, -0.1) is 0 Å². The van der Waals surface area contributed by atoms with Crippen molar-refractivity contribution in [3.05, 3.63) is 78.3 Å². The Morgan fingerprint density at radius 2 is 1.36 bits per heavy atom. The smallest absolute Gasteiger partial charge is 1.00 e. The Morgan fingerprint density at radius 1 is 0.773 bits per heavy atom. The molecule has 1 unspecified atom stereocenters. The molecule has 0 saturated carbocycles. The molecule has 1 atom stereocenters. The standard InChI is InChI=1S/C29H37.C8H13Si.C3H6.2ClH.Zr/c1-26(2)11-9-10-18-13-21-19(14-23(18)26)12-20-15-25-24(16-22(20)21)27(3,4)17-28(5,6)29(25,7)8;1-9(2,3)8-6-4-5-7-8;1-3-2;;;/h11,13-16H,9-10,12,17H2,1-8H3;6-7H,4H2,1-3H3;1-2H3;2*1H;/q;;;;;+2/p-2. The van der Waals surface area contributed by atoms with Crippen LogP contribution in [-0.4, -0.2) is 11.3 Å². The third kappa shape index (κ3) is 5.57. The van der Waals surface area contributed by atoms with Gasteiger partial charge in [-0.25, -0.2) is 0 Å². The Hall–Kier alpha value is -0.530. The van der Waals surface area contributed by atoms with Crippen LogP contribution in [0.5, 0.6) is 0 Å². The van der Waals surface area contributed by atoms with E-state index in [-0.39, 0.29) is 46.5 Å². The molecule has 0 saturated heterocycles. The Bertz CT molecular complexity index is 1600. The molecule has 0 spiro atoms. The summed E-state index contributed by atoms with van der Waals surface area (Å²) < 4.78 is 4.52. The SMILES string of the molecule is C[C](C)=[Zr+2]([C]1=CC([Si](C)(C)C)=CC1)[CH]1CCc2cc3c(cc2C1(C)C)Cc1cc2c(cc1-3)C(C)(C)CC(C)(C)C2(C)C.[Cl-].[Cl-]. The van der Waals surface area contributed by atoms with Gasteiger partial charge in [-0.1, -0.05) is 0 Å². The summed E-state index contributed by atoms with van der Waals surface area (Å²) in [4.78, 5) is 0. The van der Waals surface area contributed by atoms with Crippen molar-refractivity contribution in [2.45, 2.75) is 141 Å². The first-order valence-corrected chi connectivity index (χ1v) is 24.1. The molecule has 0 radical (unpaired) electrons. The molecule has 0 aromatic heterocycles. The molecule has 0 amide bonds. The van der Waals surface area contributed by atoms with Crippen LogP contribution in [-0.2, 0) is 50.4 Å². The van der Waals surface area contributed by atoms with Gasteiger partial charge in [-0.05, 0) is 0 Å². The second kappa shape index (κ2) is 11.6. The third-order valence-electron chi connectivity index (χ3n) is 12.5. The van der Waals surface area contributed by atoms with Crippen molar-refractivity contribution < 1.29 is 46.1 Å². The Kier molecular flexibility index (Phi) is 9.54. The maximum Gasteiger partial charge on any atom is -1.00 e. The summed E-state index contributed by atoms with van der Waals surface area (Å²) in [6.07, 6.45) is 11.5. The van der Waals surface area contributed by atoms with Crippen molar-refractivity contribution in [3.63, 3.8) is 0 Å². The number of hydrogen-bond acceptors (Lipinski definition) is 0. The fourth-order valence-corrected chi connectivity index (χ4v) is 20.3. The van der Waals surface area contributed by atoms with Crippen molar-refractivity contribution in [2.24, 2.45) is 5.41 Å². The van der Waals surface area contributed by atoms with Gasteiger partial charge in [0.05, 0.1) is 0 Å². The van der Waals surface area contributed by atoms with Crippen LogP contribution in [0.25, 0.3) is 11.1 Å². The minimum Gasteiger partial charge on any atom is -1.00 e. The molecule has 238 valence electrons. The van der Waals surface area contributed by atoms with Gasteiger partial charge in [0.25, 0.3) is 0 Å². The minimum absolute atomic E-state index is 0. The zero-order valence-corrected chi connectivity index (χ0v) is 34.8. The molecule has 2 aromatic rings. The van der Waals surface area contributed by atoms with E-state index in [1.54, 1.807) is 47.3 Å². The number of aryl methyl sites for hydroxylation is 1. The summed E-state index contributed by atoms with van der Waals surface area (Å²) in [6.45, 7) is 32.7. The molecule has 2 aromatic carbocycles. The maximum atomic E-state index is 2.71. The van der Waals surface area contributed by atoms with E-state index in [0.717, 1.165) is 10.0 Å². The van der Waals surface area contributed by atoms with E-state index in [4.69, 9.17) is 0 Å². The Labute approximate surface area is 291 Å². The van der Waals surface area contributed by atoms with E-state index in [2.05, 4.69) is 125 Å². The maximum absolute atomic E-state index is 2.71. The van der Waals surface area contributed by atoms with Crippen LogP contribution in [0.15, 0.2) is 44.9 Å². The molecule has 0 heterocycles. The van der Waals surface area contributed by atoms with Crippen LogP contribution in [0.3, 0.4) is 0 Å². The average Bonchev–Trinajstić information content (AvgIpc) is 3.47. The number of fused-ring (bicyclic) bond motifs is 5. The largest absolute Gasteiger partial charge is 1.00 e. The van der Waals surface area contributed by atoms with Crippen LogP contribution in [0.4, 0.5) is 0 Å². The molecular weight excluding hydrogens is 671 g/mol. The second-order valence-corrected chi connectivity index (χ2v) is 30.8. The number of allylic oxidation sites excluding steroid dienone is 4. The van der Waals surface area contributed by atoms with Gasteiger partial charge in [0, 0.05) is 0 Å².